The number of ketones is 2. The van der Waals surface area contributed by atoms with E-state index in [9.17, 15) is 9.59 Å². The van der Waals surface area contributed by atoms with E-state index in [2.05, 4.69) is 264 Å². The van der Waals surface area contributed by atoms with Crippen LogP contribution >= 0.6 is 23.2 Å². The van der Waals surface area contributed by atoms with Gasteiger partial charge in [0, 0.05) is 16.5 Å². The van der Waals surface area contributed by atoms with E-state index in [0.29, 0.717) is 60.6 Å². The van der Waals surface area contributed by atoms with E-state index in [1.54, 1.807) is 12.3 Å². The Kier molecular flexibility index (Phi) is 65.0. The van der Waals surface area contributed by atoms with Gasteiger partial charge in [-0.1, -0.05) is 384 Å². The number of furan rings is 1. The number of fused-ring (bicyclic) bond motifs is 1. The summed E-state index contributed by atoms with van der Waals surface area (Å²) in [5, 5.41) is 2.46. The molecule has 0 amide bonds. The molecule has 8 aromatic rings. The number of carbonyl (C=O) groups is 2. The minimum absolute atomic E-state index is 0.00709. The molecule has 7 aromatic carbocycles. The summed E-state index contributed by atoms with van der Waals surface area (Å²) in [6, 6.07) is 62.4. The minimum atomic E-state index is 0.00709. The lowest BCUT2D eigenvalue weighted by molar-refractivity contribution is 0.101. The van der Waals surface area contributed by atoms with Gasteiger partial charge in [0.2, 0.25) is 0 Å². The lowest BCUT2D eigenvalue weighted by Gasteiger charge is -2.22. The van der Waals surface area contributed by atoms with Crippen LogP contribution in [0.1, 0.15) is 358 Å². The molecule has 5 heteroatoms. The lowest BCUT2D eigenvalue weighted by atomic mass is 9.82. The van der Waals surface area contributed by atoms with Crippen molar-refractivity contribution < 1.29 is 14.0 Å². The quantitative estimate of drug-likeness (QED) is 0.0906. The Balaban J connectivity index is -0.000000248. The van der Waals surface area contributed by atoms with Gasteiger partial charge in [0.05, 0.1) is 16.3 Å². The van der Waals surface area contributed by atoms with Crippen molar-refractivity contribution in [1.29, 1.82) is 0 Å². The Morgan fingerprint density at radius 1 is 0.333 bits per heavy atom. The SMILES string of the molecule is CC.CC.CC.CC.CC.CC.CC.CCC(C)(C)c1ccccc1.CCC(C)(C)c1ccccc1.CCC(C)(C)c1ccccc1.CCC(C)(C)c1ccccc1.CCC(C)c1cc(C(C)=O)cc(C(C)=O)c1.CCC(C)c1ccc(Cl)c(Cl)c1.CCC(C)c1ccc2ccoc2c1. The van der Waals surface area contributed by atoms with Crippen molar-refractivity contribution in [3.05, 3.63) is 248 Å². The summed E-state index contributed by atoms with van der Waals surface area (Å²) in [5.74, 6) is 1.56. The first-order valence-electron chi connectivity index (χ1n) is 38.4. The summed E-state index contributed by atoms with van der Waals surface area (Å²) >= 11 is 11.7. The molecule has 558 valence electrons. The Labute approximate surface area is 624 Å². The fraction of sp³-hybridized carbons (Fsp3) is 0.511. The van der Waals surface area contributed by atoms with Crippen LogP contribution in [0.5, 0.6) is 0 Å². The van der Waals surface area contributed by atoms with Gasteiger partial charge in [0.15, 0.2) is 11.6 Å². The fourth-order valence-corrected chi connectivity index (χ4v) is 8.83. The maximum atomic E-state index is 11.4. The topological polar surface area (TPSA) is 47.3 Å². The highest BCUT2D eigenvalue weighted by Crippen LogP contribution is 2.31. The molecule has 8 rings (SSSR count). The van der Waals surface area contributed by atoms with E-state index < -0.39 is 0 Å². The summed E-state index contributed by atoms with van der Waals surface area (Å²) < 4.78 is 5.35. The normalized spacial score (nSPS) is 10.9. The van der Waals surface area contributed by atoms with Crippen molar-refractivity contribution in [2.45, 2.75) is 320 Å². The second-order valence-electron chi connectivity index (χ2n) is 25.2. The third kappa shape index (κ3) is 42.8. The van der Waals surface area contributed by atoms with Crippen molar-refractivity contribution in [2.75, 3.05) is 0 Å². The van der Waals surface area contributed by atoms with Gasteiger partial charge in [-0.15, -0.1) is 0 Å². The molecule has 3 atom stereocenters. The van der Waals surface area contributed by atoms with Crippen molar-refractivity contribution >= 4 is 45.7 Å². The van der Waals surface area contributed by atoms with E-state index in [1.165, 1.54) is 84.7 Å². The van der Waals surface area contributed by atoms with Crippen molar-refractivity contribution in [3.8, 4) is 0 Å². The van der Waals surface area contributed by atoms with Crippen LogP contribution in [-0.2, 0) is 21.7 Å². The zero-order valence-electron chi connectivity index (χ0n) is 70.1. The number of rotatable bonds is 16. The van der Waals surface area contributed by atoms with E-state index in [-0.39, 0.29) is 11.6 Å². The number of benzene rings is 7. The van der Waals surface area contributed by atoms with Crippen molar-refractivity contribution in [3.63, 3.8) is 0 Å². The lowest BCUT2D eigenvalue weighted by Crippen LogP contribution is -2.14. The number of halogens is 2. The van der Waals surface area contributed by atoms with E-state index in [4.69, 9.17) is 27.6 Å². The first kappa shape index (κ1) is 104. The highest BCUT2D eigenvalue weighted by Gasteiger charge is 2.19. The van der Waals surface area contributed by atoms with Gasteiger partial charge in [-0.3, -0.25) is 9.59 Å². The molecule has 0 spiro atoms. The summed E-state index contributed by atoms with van der Waals surface area (Å²) in [6.45, 7) is 71.2. The van der Waals surface area contributed by atoms with E-state index in [1.807, 2.05) is 133 Å². The van der Waals surface area contributed by atoms with E-state index in [0.717, 1.165) is 24.0 Å². The minimum Gasteiger partial charge on any atom is -0.464 e. The van der Waals surface area contributed by atoms with Crippen molar-refractivity contribution in [2.24, 2.45) is 0 Å². The maximum absolute atomic E-state index is 11.4. The molecule has 0 saturated carbocycles. The number of Topliss-reactive ketones (excluding diaryl/α,β-unsaturated/α-hetero) is 2. The van der Waals surface area contributed by atoms with Crippen LogP contribution in [0.25, 0.3) is 11.0 Å². The molecule has 0 radical (unpaired) electrons. The molecule has 0 bridgehead atoms. The Bertz CT molecular complexity index is 2880. The Morgan fingerprint density at radius 3 is 0.848 bits per heavy atom. The molecule has 0 aliphatic rings. The predicted molar refractivity (Wildman–Crippen MR) is 454 cm³/mol. The average molecular weight is 1400 g/mol. The largest absolute Gasteiger partial charge is 0.464 e. The van der Waals surface area contributed by atoms with Crippen LogP contribution < -0.4 is 0 Å². The van der Waals surface area contributed by atoms with Gasteiger partial charge in [-0.05, 0) is 180 Å². The smallest absolute Gasteiger partial charge is 0.159 e. The van der Waals surface area contributed by atoms with Crippen LogP contribution in [0.15, 0.2) is 193 Å². The highest BCUT2D eigenvalue weighted by molar-refractivity contribution is 6.42. The Morgan fingerprint density at radius 2 is 0.596 bits per heavy atom. The Hall–Kier alpha value is -6.00. The van der Waals surface area contributed by atoms with Gasteiger partial charge in [0.1, 0.15) is 5.58 Å². The fourth-order valence-electron chi connectivity index (χ4n) is 8.52. The molecule has 3 nitrogen and oxygen atoms in total. The summed E-state index contributed by atoms with van der Waals surface area (Å²) in [6.07, 6.45) is 9.80. The van der Waals surface area contributed by atoms with Gasteiger partial charge < -0.3 is 4.42 Å². The molecule has 1 heterocycles. The summed E-state index contributed by atoms with van der Waals surface area (Å²) in [4.78, 5) is 22.7. The van der Waals surface area contributed by atoms with Gasteiger partial charge >= 0.3 is 0 Å². The molecular formula is C94H150Cl2O3. The first-order chi connectivity index (χ1) is 47.1. The summed E-state index contributed by atoms with van der Waals surface area (Å²) in [7, 11) is 0. The van der Waals surface area contributed by atoms with Gasteiger partial charge in [-0.2, -0.15) is 0 Å². The zero-order chi connectivity index (χ0) is 78.0. The van der Waals surface area contributed by atoms with Crippen molar-refractivity contribution in [1.82, 2.24) is 0 Å². The molecule has 0 aliphatic heterocycles. The molecule has 99 heavy (non-hydrogen) atoms. The number of hydrogen-bond acceptors (Lipinski definition) is 3. The molecule has 0 N–H and O–H groups in total. The standard InChI is InChI=1S/C14H18O2.C12H14O.4C11H16.C10H12Cl2.7C2H6/c1-5-9(2)12-6-13(10(3)15)8-14(7-12)11(4)16;1-3-9(2)11-5-4-10-6-7-13-12(10)8-11;4*1-4-11(2,3)10-8-6-5-7-9-10;1-3-7(2)8-4-5-9(11)10(12)6-8;7*1-2/h6-9H,5H2,1-4H3;4-9H,3H2,1-2H3;4*5-9H,4H2,1-3H3;4-7H,3H2,1-2H3;7*1-2H3. The zero-order valence-corrected chi connectivity index (χ0v) is 71.6. The maximum Gasteiger partial charge on any atom is 0.159 e. The van der Waals surface area contributed by atoms with E-state index >= 15 is 0 Å². The second-order valence-corrected chi connectivity index (χ2v) is 26.0. The van der Waals surface area contributed by atoms with Crippen LogP contribution in [0.4, 0.5) is 0 Å². The first-order valence-corrected chi connectivity index (χ1v) is 39.1. The van der Waals surface area contributed by atoms with Crippen LogP contribution in [-0.4, -0.2) is 11.6 Å². The third-order valence-electron chi connectivity index (χ3n) is 17.5. The predicted octanol–water partition coefficient (Wildman–Crippen LogP) is 32.7. The van der Waals surface area contributed by atoms with Crippen LogP contribution in [0.2, 0.25) is 10.0 Å². The van der Waals surface area contributed by atoms with Gasteiger partial charge in [0.25, 0.3) is 0 Å². The van der Waals surface area contributed by atoms with Crippen LogP contribution in [0, 0.1) is 0 Å². The average Bonchev–Trinajstić information content (AvgIpc) is 1.84. The van der Waals surface area contributed by atoms with Crippen LogP contribution in [0.3, 0.4) is 0 Å². The molecule has 0 fully saturated rings. The number of carbonyl (C=O) groups excluding carboxylic acids is 2. The molecule has 3 unspecified atom stereocenters. The highest BCUT2D eigenvalue weighted by atomic mass is 35.5. The number of hydrogen-bond donors (Lipinski definition) is 0. The second kappa shape index (κ2) is 61.8. The third-order valence-corrected chi connectivity index (χ3v) is 18.2. The molecular weight excluding hydrogens is 1250 g/mol. The molecule has 0 saturated heterocycles. The molecule has 0 aliphatic carbocycles. The van der Waals surface area contributed by atoms with Gasteiger partial charge in [-0.25, -0.2) is 0 Å². The monoisotopic (exact) mass is 1400 g/mol. The summed E-state index contributed by atoms with van der Waals surface area (Å²) in [5.41, 5.74) is 13.0. The molecule has 1 aromatic heterocycles.